The Labute approximate surface area is 82.5 Å². The number of amides is 1. The van der Waals surface area contributed by atoms with E-state index < -0.39 is 0 Å². The average Bonchev–Trinajstić information content (AvgIpc) is 2.49. The van der Waals surface area contributed by atoms with Crippen molar-refractivity contribution in [2.45, 2.75) is 13.8 Å². The van der Waals surface area contributed by atoms with Gasteiger partial charge in [-0.15, -0.1) is 0 Å². The highest BCUT2D eigenvalue weighted by molar-refractivity contribution is 5.96. The number of H-pyrrole nitrogens is 1. The summed E-state index contributed by atoms with van der Waals surface area (Å²) in [6.07, 6.45) is 1.41. The van der Waals surface area contributed by atoms with Crippen molar-refractivity contribution >= 4 is 11.6 Å². The third kappa shape index (κ3) is 1.66. The van der Waals surface area contributed by atoms with Crippen LogP contribution in [0.15, 0.2) is 6.20 Å². The standard InChI is InChI=1S/C9H15N3O2/c1-3-12(4-2)9(14)7-8(13)6(10)5-11-7/h5,11,13H,3-4,10H2,1-2H3. The van der Waals surface area contributed by atoms with E-state index in [-0.39, 0.29) is 23.0 Å². The zero-order valence-electron chi connectivity index (χ0n) is 8.37. The second kappa shape index (κ2) is 4.04. The normalized spacial score (nSPS) is 10.1. The van der Waals surface area contributed by atoms with Gasteiger partial charge in [-0.1, -0.05) is 0 Å². The summed E-state index contributed by atoms with van der Waals surface area (Å²) in [6.45, 7) is 4.97. The summed E-state index contributed by atoms with van der Waals surface area (Å²) in [5, 5.41) is 9.44. The number of anilines is 1. The number of nitrogens with one attached hydrogen (secondary N) is 1. The number of aromatic amines is 1. The quantitative estimate of drug-likeness (QED) is 0.669. The van der Waals surface area contributed by atoms with E-state index in [4.69, 9.17) is 5.73 Å². The Morgan fingerprint density at radius 1 is 1.57 bits per heavy atom. The van der Waals surface area contributed by atoms with Crippen molar-refractivity contribution in [1.82, 2.24) is 9.88 Å². The van der Waals surface area contributed by atoms with Crippen LogP contribution < -0.4 is 5.73 Å². The highest BCUT2D eigenvalue weighted by Crippen LogP contribution is 2.24. The van der Waals surface area contributed by atoms with Crippen LogP contribution in [-0.4, -0.2) is 34.0 Å². The number of carbonyl (C=O) groups excluding carboxylic acids is 1. The van der Waals surface area contributed by atoms with Crippen LogP contribution in [0, 0.1) is 0 Å². The van der Waals surface area contributed by atoms with Crippen molar-refractivity contribution in [3.8, 4) is 5.75 Å². The molecule has 5 heteroatoms. The van der Waals surface area contributed by atoms with Crippen molar-refractivity contribution in [3.05, 3.63) is 11.9 Å². The van der Waals surface area contributed by atoms with Gasteiger partial charge >= 0.3 is 0 Å². The largest absolute Gasteiger partial charge is 0.504 e. The molecule has 1 aromatic rings. The molecule has 1 rings (SSSR count). The van der Waals surface area contributed by atoms with Crippen molar-refractivity contribution in [2.24, 2.45) is 0 Å². The molecule has 0 atom stereocenters. The Hall–Kier alpha value is -1.65. The molecule has 0 radical (unpaired) electrons. The lowest BCUT2D eigenvalue weighted by Crippen LogP contribution is -2.30. The number of nitrogens with two attached hydrogens (primary N) is 1. The van der Waals surface area contributed by atoms with E-state index in [1.165, 1.54) is 6.20 Å². The molecule has 14 heavy (non-hydrogen) atoms. The first kappa shape index (κ1) is 10.4. The summed E-state index contributed by atoms with van der Waals surface area (Å²) in [5.74, 6) is -0.397. The third-order valence-electron chi connectivity index (χ3n) is 2.15. The molecule has 1 amide bonds. The van der Waals surface area contributed by atoms with Crippen molar-refractivity contribution in [2.75, 3.05) is 18.8 Å². The molecule has 4 N–H and O–H groups in total. The number of aromatic hydroxyl groups is 1. The summed E-state index contributed by atoms with van der Waals surface area (Å²) in [5.41, 5.74) is 5.76. The van der Waals surface area contributed by atoms with Gasteiger partial charge in [0.15, 0.2) is 5.75 Å². The fraction of sp³-hybridized carbons (Fsp3) is 0.444. The Bertz CT molecular complexity index is 329. The Morgan fingerprint density at radius 3 is 2.50 bits per heavy atom. The van der Waals surface area contributed by atoms with E-state index in [1.54, 1.807) is 4.90 Å². The maximum Gasteiger partial charge on any atom is 0.274 e. The van der Waals surface area contributed by atoms with Crippen LogP contribution in [0.4, 0.5) is 5.69 Å². The van der Waals surface area contributed by atoms with Gasteiger partial charge in [-0.3, -0.25) is 4.79 Å². The molecule has 0 spiro atoms. The van der Waals surface area contributed by atoms with Crippen molar-refractivity contribution in [3.63, 3.8) is 0 Å². The third-order valence-corrected chi connectivity index (χ3v) is 2.15. The summed E-state index contributed by atoms with van der Waals surface area (Å²) in [4.78, 5) is 16.0. The van der Waals surface area contributed by atoms with Crippen LogP contribution >= 0.6 is 0 Å². The average molecular weight is 197 g/mol. The SMILES string of the molecule is CCN(CC)C(=O)c1[nH]cc(N)c1O. The fourth-order valence-corrected chi connectivity index (χ4v) is 1.26. The van der Waals surface area contributed by atoms with Gasteiger partial charge in [0.1, 0.15) is 5.69 Å². The van der Waals surface area contributed by atoms with Gasteiger partial charge in [-0.05, 0) is 13.8 Å². The number of rotatable bonds is 3. The smallest absolute Gasteiger partial charge is 0.274 e. The minimum absolute atomic E-state index is 0.159. The summed E-state index contributed by atoms with van der Waals surface area (Å²) >= 11 is 0. The molecule has 0 unspecified atom stereocenters. The minimum Gasteiger partial charge on any atom is -0.504 e. The van der Waals surface area contributed by atoms with E-state index in [2.05, 4.69) is 4.98 Å². The second-order valence-electron chi connectivity index (χ2n) is 2.95. The number of hydrogen-bond acceptors (Lipinski definition) is 3. The number of nitrogens with zero attached hydrogens (tertiary/aromatic N) is 1. The number of carbonyl (C=O) groups is 1. The lowest BCUT2D eigenvalue weighted by atomic mass is 10.3. The first-order valence-corrected chi connectivity index (χ1v) is 4.56. The highest BCUT2D eigenvalue weighted by atomic mass is 16.3. The maximum atomic E-state index is 11.7. The molecule has 0 aliphatic rings. The van der Waals surface area contributed by atoms with Gasteiger partial charge in [0.05, 0.1) is 5.69 Å². The van der Waals surface area contributed by atoms with Gasteiger partial charge in [-0.2, -0.15) is 0 Å². The van der Waals surface area contributed by atoms with E-state index in [0.717, 1.165) is 0 Å². The molecular formula is C9H15N3O2. The van der Waals surface area contributed by atoms with E-state index in [9.17, 15) is 9.90 Å². The molecule has 0 saturated heterocycles. The minimum atomic E-state index is -0.232. The zero-order valence-corrected chi connectivity index (χ0v) is 8.37. The fourth-order valence-electron chi connectivity index (χ4n) is 1.26. The van der Waals surface area contributed by atoms with Gasteiger partial charge < -0.3 is 20.7 Å². The van der Waals surface area contributed by atoms with Gasteiger partial charge in [-0.25, -0.2) is 0 Å². The molecular weight excluding hydrogens is 182 g/mol. The highest BCUT2D eigenvalue weighted by Gasteiger charge is 2.19. The molecule has 78 valence electrons. The molecule has 5 nitrogen and oxygen atoms in total. The van der Waals surface area contributed by atoms with Crippen LogP contribution in [-0.2, 0) is 0 Å². The summed E-state index contributed by atoms with van der Waals surface area (Å²) < 4.78 is 0. The second-order valence-corrected chi connectivity index (χ2v) is 2.95. The van der Waals surface area contributed by atoms with Gasteiger partial charge in [0.2, 0.25) is 0 Å². The zero-order chi connectivity index (χ0) is 10.7. The van der Waals surface area contributed by atoms with Crippen molar-refractivity contribution in [1.29, 1.82) is 0 Å². The molecule has 0 fully saturated rings. The maximum absolute atomic E-state index is 11.7. The first-order valence-electron chi connectivity index (χ1n) is 4.56. The van der Waals surface area contributed by atoms with E-state index in [1.807, 2.05) is 13.8 Å². The van der Waals surface area contributed by atoms with Gasteiger partial charge in [0.25, 0.3) is 5.91 Å². The van der Waals surface area contributed by atoms with Gasteiger partial charge in [0, 0.05) is 19.3 Å². The van der Waals surface area contributed by atoms with Crippen LogP contribution in [0.2, 0.25) is 0 Å². The first-order chi connectivity index (χ1) is 6.61. The number of hydrogen-bond donors (Lipinski definition) is 3. The molecule has 1 heterocycles. The molecule has 0 aliphatic heterocycles. The predicted molar refractivity (Wildman–Crippen MR) is 54.1 cm³/mol. The van der Waals surface area contributed by atoms with E-state index in [0.29, 0.717) is 13.1 Å². The monoisotopic (exact) mass is 197 g/mol. The Kier molecular flexibility index (Phi) is 3.01. The molecule has 0 saturated carbocycles. The molecule has 0 bridgehead atoms. The Morgan fingerprint density at radius 2 is 2.14 bits per heavy atom. The summed E-state index contributed by atoms with van der Waals surface area (Å²) in [7, 11) is 0. The lowest BCUT2D eigenvalue weighted by Gasteiger charge is -2.17. The topological polar surface area (TPSA) is 82.4 Å². The molecule has 0 aliphatic carbocycles. The Balaban J connectivity index is 2.94. The predicted octanol–water partition coefficient (Wildman–Crippen LogP) is 0.784. The van der Waals surface area contributed by atoms with Crippen LogP contribution in [0.5, 0.6) is 5.75 Å². The molecule has 1 aromatic heterocycles. The van der Waals surface area contributed by atoms with Crippen LogP contribution in [0.3, 0.4) is 0 Å². The molecule has 0 aromatic carbocycles. The van der Waals surface area contributed by atoms with Crippen LogP contribution in [0.25, 0.3) is 0 Å². The number of nitrogen functional groups attached to an aromatic ring is 1. The lowest BCUT2D eigenvalue weighted by molar-refractivity contribution is 0.0765. The van der Waals surface area contributed by atoms with E-state index >= 15 is 0 Å². The van der Waals surface area contributed by atoms with Crippen molar-refractivity contribution < 1.29 is 9.90 Å². The summed E-state index contributed by atoms with van der Waals surface area (Å²) in [6, 6.07) is 0. The van der Waals surface area contributed by atoms with Crippen LogP contribution in [0.1, 0.15) is 24.3 Å². The number of aromatic nitrogens is 1.